The highest BCUT2D eigenvalue weighted by Gasteiger charge is 2.14. The van der Waals surface area contributed by atoms with E-state index in [4.69, 9.17) is 16.5 Å². The Bertz CT molecular complexity index is 1100. The fraction of sp³-hybridized carbons (Fsp3) is 0.200. The second-order valence-corrected chi connectivity index (χ2v) is 7.57. The van der Waals surface area contributed by atoms with E-state index in [0.717, 1.165) is 11.1 Å². The van der Waals surface area contributed by atoms with E-state index in [1.165, 1.54) is 6.20 Å². The van der Waals surface area contributed by atoms with Crippen molar-refractivity contribution in [2.75, 3.05) is 6.61 Å². The van der Waals surface area contributed by atoms with Crippen molar-refractivity contribution in [1.29, 1.82) is 0 Å². The zero-order valence-electron chi connectivity index (χ0n) is 15.4. The van der Waals surface area contributed by atoms with Crippen LogP contribution >= 0.6 is 19.9 Å². The molecular formula is C20H19ClN2O5P+. The average Bonchev–Trinajstić information content (AvgIpc) is 2.71. The maximum atomic E-state index is 12.8. The van der Waals surface area contributed by atoms with Gasteiger partial charge >= 0.3 is 8.25 Å². The van der Waals surface area contributed by atoms with Gasteiger partial charge in [0, 0.05) is 33.2 Å². The van der Waals surface area contributed by atoms with Crippen molar-refractivity contribution in [3.8, 4) is 0 Å². The molecule has 0 saturated heterocycles. The number of aromatic amines is 1. The topological polar surface area (TPSA) is 108 Å². The van der Waals surface area contributed by atoms with Gasteiger partial charge < -0.3 is 10.3 Å². The lowest BCUT2D eigenvalue weighted by molar-refractivity contribution is 0.0949. The van der Waals surface area contributed by atoms with Gasteiger partial charge in [-0.3, -0.25) is 9.59 Å². The lowest BCUT2D eigenvalue weighted by Gasteiger charge is -2.07. The number of H-pyrrole nitrogens is 1. The molecule has 0 spiro atoms. The third-order valence-corrected chi connectivity index (χ3v) is 5.02. The van der Waals surface area contributed by atoms with Gasteiger partial charge in [0.1, 0.15) is 12.2 Å². The molecule has 0 fully saturated rings. The van der Waals surface area contributed by atoms with Gasteiger partial charge in [0.25, 0.3) is 5.91 Å². The smallest absolute Gasteiger partial charge is 0.360 e. The van der Waals surface area contributed by atoms with Crippen molar-refractivity contribution in [2.45, 2.75) is 19.4 Å². The lowest BCUT2D eigenvalue weighted by atomic mass is 10.0. The number of halogens is 1. The number of fused-ring (bicyclic) bond motifs is 1. The Hall–Kier alpha value is -2.57. The molecule has 2 aromatic carbocycles. The number of pyridine rings is 1. The van der Waals surface area contributed by atoms with Gasteiger partial charge in [-0.15, -0.1) is 9.42 Å². The zero-order chi connectivity index (χ0) is 20.8. The van der Waals surface area contributed by atoms with Crippen molar-refractivity contribution in [3.05, 3.63) is 80.6 Å². The van der Waals surface area contributed by atoms with Crippen molar-refractivity contribution in [3.63, 3.8) is 0 Å². The molecule has 7 nitrogen and oxygen atoms in total. The summed E-state index contributed by atoms with van der Waals surface area (Å²) in [5.41, 5.74) is 2.04. The Morgan fingerprint density at radius 3 is 2.62 bits per heavy atom. The molecule has 3 rings (SSSR count). The summed E-state index contributed by atoms with van der Waals surface area (Å²) in [5.74, 6) is -0.464. The van der Waals surface area contributed by atoms with Crippen LogP contribution in [0.3, 0.4) is 0 Å². The summed E-state index contributed by atoms with van der Waals surface area (Å²) in [5, 5.41) is 3.76. The molecule has 3 aromatic rings. The first-order chi connectivity index (χ1) is 13.9. The first kappa shape index (κ1) is 21.1. The molecule has 1 amide bonds. The van der Waals surface area contributed by atoms with Crippen LogP contribution in [-0.2, 0) is 22.1 Å². The molecule has 0 aliphatic carbocycles. The van der Waals surface area contributed by atoms with Gasteiger partial charge in [0.15, 0.2) is 0 Å². The van der Waals surface area contributed by atoms with Crippen LogP contribution in [0, 0.1) is 0 Å². The third kappa shape index (κ3) is 5.71. The second kappa shape index (κ2) is 9.76. The van der Waals surface area contributed by atoms with E-state index in [-0.39, 0.29) is 24.1 Å². The molecule has 9 heteroatoms. The third-order valence-electron chi connectivity index (χ3n) is 4.37. The van der Waals surface area contributed by atoms with Gasteiger partial charge in [-0.1, -0.05) is 29.8 Å². The van der Waals surface area contributed by atoms with Gasteiger partial charge in [0.05, 0.1) is 0 Å². The van der Waals surface area contributed by atoms with Crippen molar-refractivity contribution in [2.24, 2.45) is 0 Å². The number of amides is 1. The summed E-state index contributed by atoms with van der Waals surface area (Å²) < 4.78 is 15.2. The molecule has 1 atom stereocenters. The van der Waals surface area contributed by atoms with Crippen LogP contribution in [0.25, 0.3) is 10.9 Å². The van der Waals surface area contributed by atoms with E-state index < -0.39 is 14.2 Å². The van der Waals surface area contributed by atoms with E-state index >= 15 is 0 Å². The first-order valence-corrected chi connectivity index (χ1v) is 10.4. The van der Waals surface area contributed by atoms with Crippen LogP contribution in [0.2, 0.25) is 5.02 Å². The largest absolute Gasteiger partial charge is 0.694 e. The summed E-state index contributed by atoms with van der Waals surface area (Å²) >= 11 is 5.85. The average molecular weight is 434 g/mol. The zero-order valence-corrected chi connectivity index (χ0v) is 17.0. The number of aryl methyl sites for hydroxylation is 1. The monoisotopic (exact) mass is 433 g/mol. The van der Waals surface area contributed by atoms with Crippen LogP contribution < -0.4 is 10.7 Å². The van der Waals surface area contributed by atoms with Crippen LogP contribution in [-0.4, -0.2) is 22.4 Å². The first-order valence-electron chi connectivity index (χ1n) is 8.90. The number of nitrogens with one attached hydrogen (secondary N) is 2. The van der Waals surface area contributed by atoms with Crippen LogP contribution in [0.1, 0.15) is 27.9 Å². The minimum atomic E-state index is -2.60. The Morgan fingerprint density at radius 2 is 1.90 bits per heavy atom. The molecular weight excluding hydrogens is 415 g/mol. The van der Waals surface area contributed by atoms with Gasteiger partial charge in [0.2, 0.25) is 5.43 Å². The number of aromatic nitrogens is 1. The van der Waals surface area contributed by atoms with Gasteiger partial charge in [-0.25, -0.2) is 0 Å². The van der Waals surface area contributed by atoms with Crippen LogP contribution in [0.15, 0.2) is 53.5 Å². The molecule has 0 aliphatic rings. The standard InChI is InChI=1S/C20H18ClN2O5P/c21-15-6-3-14(4-7-15)11-23-20(25)17-12-22-18-8-5-13(10-16(18)19(17)24)2-1-9-28-29(26)27/h3-8,10,12H,1-2,9,11H2,(H2-,22,23,24,25,26,27)/p+1. The molecule has 0 saturated carbocycles. The summed E-state index contributed by atoms with van der Waals surface area (Å²) in [6.07, 6.45) is 2.52. The summed E-state index contributed by atoms with van der Waals surface area (Å²) in [6.45, 7) is 0.424. The molecule has 1 unspecified atom stereocenters. The van der Waals surface area contributed by atoms with Crippen LogP contribution in [0.4, 0.5) is 0 Å². The number of benzene rings is 2. The Labute approximate surface area is 172 Å². The SMILES string of the molecule is O=C(NCc1ccc(Cl)cc1)c1c[nH]c2ccc(CCCO[P+](=O)O)cc2c1=O. The molecule has 0 bridgehead atoms. The van der Waals surface area contributed by atoms with E-state index in [2.05, 4.69) is 14.8 Å². The highest BCUT2D eigenvalue weighted by Crippen LogP contribution is 2.17. The Balaban J connectivity index is 1.73. The number of carbonyl (C=O) groups excluding carboxylic acids is 1. The predicted molar refractivity (Wildman–Crippen MR) is 111 cm³/mol. The second-order valence-electron chi connectivity index (χ2n) is 6.40. The fourth-order valence-electron chi connectivity index (χ4n) is 2.89. The lowest BCUT2D eigenvalue weighted by Crippen LogP contribution is -2.28. The molecule has 0 aliphatic heterocycles. The number of hydrogen-bond acceptors (Lipinski definition) is 4. The molecule has 1 aromatic heterocycles. The highest BCUT2D eigenvalue weighted by atomic mass is 35.5. The normalized spacial score (nSPS) is 11.4. The van der Waals surface area contributed by atoms with Crippen molar-refractivity contribution < 1.29 is 18.8 Å². The number of carbonyl (C=O) groups is 1. The van der Waals surface area contributed by atoms with E-state index in [1.807, 2.05) is 6.07 Å². The predicted octanol–water partition coefficient (Wildman–Crippen LogP) is 3.71. The van der Waals surface area contributed by atoms with Gasteiger partial charge in [-0.05, 0) is 48.2 Å². The molecule has 0 radical (unpaired) electrons. The fourth-order valence-corrected chi connectivity index (χ4v) is 3.30. The van der Waals surface area contributed by atoms with Gasteiger partial charge in [-0.2, -0.15) is 0 Å². The van der Waals surface area contributed by atoms with E-state index in [9.17, 15) is 14.2 Å². The molecule has 150 valence electrons. The van der Waals surface area contributed by atoms with Crippen molar-refractivity contribution in [1.82, 2.24) is 10.3 Å². The Morgan fingerprint density at radius 1 is 1.17 bits per heavy atom. The number of rotatable bonds is 8. The summed E-state index contributed by atoms with van der Waals surface area (Å²) in [7, 11) is -2.60. The van der Waals surface area contributed by atoms with E-state index in [0.29, 0.717) is 28.8 Å². The minimum absolute atomic E-state index is 0.0317. The van der Waals surface area contributed by atoms with E-state index in [1.54, 1.807) is 36.4 Å². The molecule has 29 heavy (non-hydrogen) atoms. The quantitative estimate of drug-likeness (QED) is 0.370. The summed E-state index contributed by atoms with van der Waals surface area (Å²) in [6, 6.07) is 12.4. The maximum Gasteiger partial charge on any atom is 0.694 e. The molecule has 3 N–H and O–H groups in total. The van der Waals surface area contributed by atoms with Crippen LogP contribution in [0.5, 0.6) is 0 Å². The molecule has 1 heterocycles. The maximum absolute atomic E-state index is 12.8. The minimum Gasteiger partial charge on any atom is -0.360 e. The number of hydrogen-bond donors (Lipinski definition) is 3. The van der Waals surface area contributed by atoms with Crippen molar-refractivity contribution >= 4 is 36.7 Å². The highest BCUT2D eigenvalue weighted by molar-refractivity contribution is 7.32. The summed E-state index contributed by atoms with van der Waals surface area (Å²) in [4.78, 5) is 36.9. The Kier molecular flexibility index (Phi) is 7.12.